The molecule has 7 nitrogen and oxygen atoms in total. The standard InChI is InChI=1S/C25H35N3O4S2/c1-18-9-11-20(12-10-18)28(13-14-32-16-19-7-5-4-6-8-19)24(31)27-23-26-15-21(34-23)33-17-25(2,3)22(29)30/h4-8,15,18,20H,9-14,16-17H2,1-3H3,(H,29,30)(H,26,27,31). The minimum Gasteiger partial charge on any atom is -0.481 e. The van der Waals surface area contributed by atoms with E-state index in [9.17, 15) is 14.7 Å². The van der Waals surface area contributed by atoms with Gasteiger partial charge in [0.05, 0.1) is 29.0 Å². The molecule has 1 fully saturated rings. The van der Waals surface area contributed by atoms with Crippen LogP contribution in [-0.4, -0.2) is 51.9 Å². The Kier molecular flexibility index (Phi) is 9.79. The topological polar surface area (TPSA) is 91.8 Å². The van der Waals surface area contributed by atoms with Crippen LogP contribution in [0, 0.1) is 11.3 Å². The van der Waals surface area contributed by atoms with Gasteiger partial charge in [-0.2, -0.15) is 0 Å². The summed E-state index contributed by atoms with van der Waals surface area (Å²) in [5.41, 5.74) is 0.288. The number of hydrogen-bond acceptors (Lipinski definition) is 6. The van der Waals surface area contributed by atoms with Gasteiger partial charge < -0.3 is 14.7 Å². The molecule has 0 unspecified atom stereocenters. The molecule has 0 spiro atoms. The van der Waals surface area contributed by atoms with E-state index in [1.54, 1.807) is 20.0 Å². The molecule has 34 heavy (non-hydrogen) atoms. The number of carboxylic acids is 1. The Bertz CT molecular complexity index is 927. The molecule has 0 bridgehead atoms. The van der Waals surface area contributed by atoms with E-state index in [1.165, 1.54) is 23.1 Å². The smallest absolute Gasteiger partial charge is 0.323 e. The van der Waals surface area contributed by atoms with Gasteiger partial charge in [-0.15, -0.1) is 11.8 Å². The SMILES string of the molecule is CC1CCC(N(CCOCc2ccccc2)C(=O)Nc2ncc(SCC(C)(C)C(=O)O)s2)CC1. The number of carbonyl (C=O) groups excluding carboxylic acids is 1. The van der Waals surface area contributed by atoms with Crippen LogP contribution in [0.1, 0.15) is 52.0 Å². The lowest BCUT2D eigenvalue weighted by molar-refractivity contribution is -0.145. The Morgan fingerprint density at radius 2 is 1.94 bits per heavy atom. The lowest BCUT2D eigenvalue weighted by Gasteiger charge is -2.36. The molecule has 2 N–H and O–H groups in total. The molecule has 0 atom stereocenters. The van der Waals surface area contributed by atoms with Crippen LogP contribution in [0.25, 0.3) is 0 Å². The number of thiazole rings is 1. The molecule has 0 radical (unpaired) electrons. The number of nitrogens with one attached hydrogen (secondary N) is 1. The number of benzene rings is 1. The van der Waals surface area contributed by atoms with Crippen LogP contribution in [0.15, 0.2) is 40.7 Å². The highest BCUT2D eigenvalue weighted by atomic mass is 32.2. The van der Waals surface area contributed by atoms with Gasteiger partial charge in [-0.3, -0.25) is 10.1 Å². The second-order valence-electron chi connectivity index (χ2n) is 9.54. The van der Waals surface area contributed by atoms with E-state index in [0.29, 0.717) is 36.6 Å². The first-order valence-corrected chi connectivity index (χ1v) is 13.6. The quantitative estimate of drug-likeness (QED) is 0.288. The molecule has 1 aromatic heterocycles. The molecule has 3 rings (SSSR count). The molecule has 0 saturated heterocycles. The highest BCUT2D eigenvalue weighted by molar-refractivity contribution is 8.01. The molecule has 1 aromatic carbocycles. The first kappa shape index (κ1) is 26.5. The minimum atomic E-state index is -0.829. The summed E-state index contributed by atoms with van der Waals surface area (Å²) in [6, 6.07) is 10.1. The number of urea groups is 1. The lowest BCUT2D eigenvalue weighted by Crippen LogP contribution is -2.46. The van der Waals surface area contributed by atoms with Gasteiger partial charge in [0.2, 0.25) is 0 Å². The fraction of sp³-hybridized carbons (Fsp3) is 0.560. The second kappa shape index (κ2) is 12.6. The monoisotopic (exact) mass is 505 g/mol. The first-order chi connectivity index (χ1) is 16.2. The van der Waals surface area contributed by atoms with Gasteiger partial charge in [-0.25, -0.2) is 9.78 Å². The predicted octanol–water partition coefficient (Wildman–Crippen LogP) is 5.98. The van der Waals surface area contributed by atoms with Crippen LogP contribution in [0.2, 0.25) is 0 Å². The van der Waals surface area contributed by atoms with E-state index in [2.05, 4.69) is 17.2 Å². The third-order valence-electron chi connectivity index (χ3n) is 6.13. The molecule has 186 valence electrons. The molecule has 2 amide bonds. The first-order valence-electron chi connectivity index (χ1n) is 11.8. The van der Waals surface area contributed by atoms with Crippen molar-refractivity contribution in [3.8, 4) is 0 Å². The maximum atomic E-state index is 13.2. The number of rotatable bonds is 11. The van der Waals surface area contributed by atoms with Crippen molar-refractivity contribution < 1.29 is 19.4 Å². The predicted molar refractivity (Wildman–Crippen MR) is 137 cm³/mol. The number of anilines is 1. The van der Waals surface area contributed by atoms with Crippen molar-refractivity contribution in [1.29, 1.82) is 0 Å². The molecular weight excluding hydrogens is 470 g/mol. The van der Waals surface area contributed by atoms with Crippen LogP contribution in [-0.2, 0) is 16.1 Å². The maximum Gasteiger partial charge on any atom is 0.323 e. The molecule has 1 heterocycles. The fourth-order valence-electron chi connectivity index (χ4n) is 3.79. The Hall–Kier alpha value is -2.10. The molecule has 9 heteroatoms. The Balaban J connectivity index is 1.56. The maximum absolute atomic E-state index is 13.2. The largest absolute Gasteiger partial charge is 0.481 e. The van der Waals surface area contributed by atoms with Crippen molar-refractivity contribution in [2.45, 2.75) is 63.3 Å². The van der Waals surface area contributed by atoms with Crippen LogP contribution >= 0.6 is 23.1 Å². The van der Waals surface area contributed by atoms with Crippen LogP contribution in [0.4, 0.5) is 9.93 Å². The summed E-state index contributed by atoms with van der Waals surface area (Å²) in [5, 5.41) is 12.8. The summed E-state index contributed by atoms with van der Waals surface area (Å²) in [7, 11) is 0. The fourth-order valence-corrected chi connectivity index (χ4v) is 5.73. The van der Waals surface area contributed by atoms with Crippen molar-refractivity contribution in [3.05, 3.63) is 42.1 Å². The number of aromatic nitrogens is 1. The average Bonchev–Trinajstić information content (AvgIpc) is 3.26. The zero-order valence-electron chi connectivity index (χ0n) is 20.2. The summed E-state index contributed by atoms with van der Waals surface area (Å²) < 4.78 is 6.75. The average molecular weight is 506 g/mol. The van der Waals surface area contributed by atoms with Gasteiger partial charge >= 0.3 is 12.0 Å². The van der Waals surface area contributed by atoms with Crippen molar-refractivity contribution in [1.82, 2.24) is 9.88 Å². The number of hydrogen-bond donors (Lipinski definition) is 2. The number of ether oxygens (including phenoxy) is 1. The molecule has 0 aliphatic heterocycles. The normalized spacial score (nSPS) is 18.4. The van der Waals surface area contributed by atoms with E-state index in [1.807, 2.05) is 35.2 Å². The zero-order chi connectivity index (χ0) is 24.6. The number of aliphatic carboxylic acids is 1. The van der Waals surface area contributed by atoms with Crippen molar-refractivity contribution in [2.75, 3.05) is 24.2 Å². The highest BCUT2D eigenvalue weighted by Gasteiger charge is 2.29. The number of thioether (sulfide) groups is 1. The number of amides is 2. The van der Waals surface area contributed by atoms with E-state index < -0.39 is 11.4 Å². The van der Waals surface area contributed by atoms with E-state index >= 15 is 0 Å². The molecular formula is C25H35N3O4S2. The minimum absolute atomic E-state index is 0.153. The third-order valence-corrected chi connectivity index (χ3v) is 8.69. The van der Waals surface area contributed by atoms with Crippen molar-refractivity contribution in [3.63, 3.8) is 0 Å². The van der Waals surface area contributed by atoms with Crippen LogP contribution in [0.3, 0.4) is 0 Å². The molecule has 1 aliphatic rings. The second-order valence-corrected chi connectivity index (χ2v) is 11.8. The number of nitrogens with zero attached hydrogens (tertiary/aromatic N) is 2. The van der Waals surface area contributed by atoms with Gasteiger partial charge in [0.15, 0.2) is 5.13 Å². The van der Waals surface area contributed by atoms with Crippen LogP contribution in [0.5, 0.6) is 0 Å². The van der Waals surface area contributed by atoms with Gasteiger partial charge in [-0.05, 0) is 51.0 Å². The van der Waals surface area contributed by atoms with Crippen molar-refractivity contribution >= 4 is 40.2 Å². The van der Waals surface area contributed by atoms with E-state index in [0.717, 1.165) is 35.5 Å². The molecule has 2 aromatic rings. The van der Waals surface area contributed by atoms with E-state index in [-0.39, 0.29) is 12.1 Å². The van der Waals surface area contributed by atoms with Gasteiger partial charge in [0.1, 0.15) is 0 Å². The van der Waals surface area contributed by atoms with Gasteiger partial charge in [0.25, 0.3) is 0 Å². The van der Waals surface area contributed by atoms with Gasteiger partial charge in [0, 0.05) is 18.3 Å². The number of carboxylic acid groups (broad SMARTS) is 1. The van der Waals surface area contributed by atoms with Gasteiger partial charge in [-0.1, -0.05) is 48.6 Å². The zero-order valence-corrected chi connectivity index (χ0v) is 21.8. The Morgan fingerprint density at radius 3 is 2.62 bits per heavy atom. The van der Waals surface area contributed by atoms with Crippen LogP contribution < -0.4 is 5.32 Å². The number of carbonyl (C=O) groups is 2. The van der Waals surface area contributed by atoms with E-state index in [4.69, 9.17) is 4.74 Å². The summed E-state index contributed by atoms with van der Waals surface area (Å²) in [4.78, 5) is 30.8. The van der Waals surface area contributed by atoms with Crippen molar-refractivity contribution in [2.24, 2.45) is 11.3 Å². The summed E-state index contributed by atoms with van der Waals surface area (Å²) in [5.74, 6) is 0.303. The molecule has 1 saturated carbocycles. The summed E-state index contributed by atoms with van der Waals surface area (Å²) in [6.45, 7) is 7.19. The highest BCUT2D eigenvalue weighted by Crippen LogP contribution is 2.33. The Morgan fingerprint density at radius 1 is 1.24 bits per heavy atom. The Labute approximate surface area is 210 Å². The lowest BCUT2D eigenvalue weighted by atomic mass is 9.86. The third kappa shape index (κ3) is 7.99. The molecule has 1 aliphatic carbocycles. The summed E-state index contributed by atoms with van der Waals surface area (Å²) >= 11 is 2.82. The summed E-state index contributed by atoms with van der Waals surface area (Å²) in [6.07, 6.45) is 5.93.